The Bertz CT molecular complexity index is 943. The number of aryl methyl sites for hydroxylation is 1. The highest BCUT2D eigenvalue weighted by molar-refractivity contribution is 6.08. The summed E-state index contributed by atoms with van der Waals surface area (Å²) in [5, 5.41) is 2.73. The smallest absolute Gasteiger partial charge is 0.257 e. The summed E-state index contributed by atoms with van der Waals surface area (Å²) in [4.78, 5) is 29.7. The molecule has 0 radical (unpaired) electrons. The zero-order valence-electron chi connectivity index (χ0n) is 16.2. The van der Waals surface area contributed by atoms with Gasteiger partial charge in [-0.15, -0.1) is 0 Å². The Morgan fingerprint density at radius 3 is 2.75 bits per heavy atom. The Balaban J connectivity index is 1.62. The second-order valence-electron chi connectivity index (χ2n) is 7.59. The summed E-state index contributed by atoms with van der Waals surface area (Å²) < 4.78 is 13.7. The zero-order valence-corrected chi connectivity index (χ0v) is 16.2. The molecule has 0 bridgehead atoms. The molecular weight excluding hydrogens is 357 g/mol. The summed E-state index contributed by atoms with van der Waals surface area (Å²) in [6.07, 6.45) is 4.21. The lowest BCUT2D eigenvalue weighted by molar-refractivity contribution is 0.0661. The minimum atomic E-state index is -0.359. The molecule has 2 aromatic rings. The van der Waals surface area contributed by atoms with Crippen LogP contribution < -0.4 is 10.2 Å². The number of fused-ring (bicyclic) bond motifs is 2. The lowest BCUT2D eigenvalue weighted by Crippen LogP contribution is -2.53. The van der Waals surface area contributed by atoms with Gasteiger partial charge in [-0.05, 0) is 62.1 Å². The van der Waals surface area contributed by atoms with Crippen molar-refractivity contribution in [3.05, 3.63) is 58.9 Å². The molecular formula is C22H24FN3O2. The van der Waals surface area contributed by atoms with Gasteiger partial charge in [-0.25, -0.2) is 4.39 Å². The van der Waals surface area contributed by atoms with Crippen LogP contribution in [0.25, 0.3) is 0 Å². The van der Waals surface area contributed by atoms with Gasteiger partial charge in [0.25, 0.3) is 11.8 Å². The van der Waals surface area contributed by atoms with E-state index in [1.54, 1.807) is 37.3 Å². The largest absolute Gasteiger partial charge is 0.354 e. The number of benzene rings is 2. The lowest BCUT2D eigenvalue weighted by atomic mass is 10.0. The van der Waals surface area contributed by atoms with E-state index in [4.69, 9.17) is 0 Å². The summed E-state index contributed by atoms with van der Waals surface area (Å²) >= 11 is 0. The topological polar surface area (TPSA) is 52.7 Å². The molecule has 2 heterocycles. The normalized spacial score (nSPS) is 19.0. The van der Waals surface area contributed by atoms with Gasteiger partial charge in [-0.2, -0.15) is 0 Å². The van der Waals surface area contributed by atoms with Gasteiger partial charge in [0.1, 0.15) is 12.0 Å². The highest BCUT2D eigenvalue weighted by Crippen LogP contribution is 2.34. The second kappa shape index (κ2) is 7.26. The van der Waals surface area contributed by atoms with E-state index in [0.29, 0.717) is 22.4 Å². The third-order valence-electron chi connectivity index (χ3n) is 5.73. The van der Waals surface area contributed by atoms with E-state index in [2.05, 4.69) is 10.2 Å². The molecule has 2 aliphatic heterocycles. The average molecular weight is 381 g/mol. The maximum atomic E-state index is 13.7. The van der Waals surface area contributed by atoms with Crippen molar-refractivity contribution in [3.8, 4) is 0 Å². The van der Waals surface area contributed by atoms with Gasteiger partial charge in [-0.3, -0.25) is 9.59 Å². The monoisotopic (exact) mass is 381 g/mol. The first kappa shape index (κ1) is 18.5. The fourth-order valence-corrected chi connectivity index (χ4v) is 4.06. The van der Waals surface area contributed by atoms with E-state index in [1.807, 2.05) is 11.9 Å². The fraction of sp³-hybridized carbons (Fsp3) is 0.364. The van der Waals surface area contributed by atoms with Crippen LogP contribution in [0.2, 0.25) is 0 Å². The van der Waals surface area contributed by atoms with Crippen LogP contribution in [0.4, 0.5) is 15.8 Å². The summed E-state index contributed by atoms with van der Waals surface area (Å²) in [5.41, 5.74) is 2.78. The summed E-state index contributed by atoms with van der Waals surface area (Å²) in [5.74, 6) is -0.648. The van der Waals surface area contributed by atoms with E-state index in [1.165, 1.54) is 6.07 Å². The minimum absolute atomic E-state index is 0.0343. The molecule has 0 aliphatic carbocycles. The van der Waals surface area contributed by atoms with Crippen LogP contribution in [0, 0.1) is 12.7 Å². The van der Waals surface area contributed by atoms with E-state index >= 15 is 0 Å². The molecule has 28 heavy (non-hydrogen) atoms. The summed E-state index contributed by atoms with van der Waals surface area (Å²) in [6, 6.07) is 9.75. The van der Waals surface area contributed by atoms with E-state index in [0.717, 1.165) is 37.9 Å². The molecule has 2 amide bonds. The van der Waals surface area contributed by atoms with Crippen molar-refractivity contribution < 1.29 is 14.0 Å². The van der Waals surface area contributed by atoms with Crippen molar-refractivity contribution in [1.29, 1.82) is 0 Å². The quantitative estimate of drug-likeness (QED) is 0.849. The number of halogens is 1. The molecule has 6 heteroatoms. The van der Waals surface area contributed by atoms with E-state index in [-0.39, 0.29) is 23.8 Å². The minimum Gasteiger partial charge on any atom is -0.354 e. The van der Waals surface area contributed by atoms with Crippen molar-refractivity contribution in [1.82, 2.24) is 4.90 Å². The molecule has 1 saturated heterocycles. The molecule has 0 saturated carbocycles. The molecule has 0 spiro atoms. The molecule has 1 unspecified atom stereocenters. The number of hydrogen-bond donors (Lipinski definition) is 1. The van der Waals surface area contributed by atoms with E-state index < -0.39 is 0 Å². The zero-order chi connectivity index (χ0) is 19.8. The number of nitrogens with zero attached hydrogens (tertiary/aromatic N) is 2. The first-order valence-corrected chi connectivity index (χ1v) is 9.71. The van der Waals surface area contributed by atoms with Crippen LogP contribution in [-0.4, -0.2) is 36.5 Å². The van der Waals surface area contributed by atoms with Gasteiger partial charge in [0, 0.05) is 24.8 Å². The van der Waals surface area contributed by atoms with Gasteiger partial charge < -0.3 is 15.1 Å². The van der Waals surface area contributed by atoms with Gasteiger partial charge in [0.05, 0.1) is 11.3 Å². The van der Waals surface area contributed by atoms with Crippen LogP contribution in [0.1, 0.15) is 52.0 Å². The molecule has 0 aromatic heterocycles. The van der Waals surface area contributed by atoms with Crippen LogP contribution in [0.3, 0.4) is 0 Å². The van der Waals surface area contributed by atoms with Crippen molar-refractivity contribution in [2.24, 2.45) is 0 Å². The Hall–Kier alpha value is -2.89. The third kappa shape index (κ3) is 3.23. The molecule has 1 atom stereocenters. The molecule has 2 aromatic carbocycles. The Labute approximate surface area is 164 Å². The predicted octanol–water partition coefficient (Wildman–Crippen LogP) is 4.18. The maximum Gasteiger partial charge on any atom is 0.257 e. The van der Waals surface area contributed by atoms with E-state index in [9.17, 15) is 14.0 Å². The highest BCUT2D eigenvalue weighted by Gasteiger charge is 2.36. The SMILES string of the molecule is Cc1ccc(NC(=O)c2ccc3c(c2)N(C)C2CCCCCN2C3=O)cc1F. The second-order valence-corrected chi connectivity index (χ2v) is 7.59. The van der Waals surface area contributed by atoms with Gasteiger partial charge in [0.15, 0.2) is 0 Å². The van der Waals surface area contributed by atoms with Crippen LogP contribution in [0.5, 0.6) is 0 Å². The molecule has 1 fully saturated rings. The number of carbonyl (C=O) groups is 2. The molecule has 5 nitrogen and oxygen atoms in total. The van der Waals surface area contributed by atoms with Gasteiger partial charge in [-0.1, -0.05) is 12.5 Å². The number of amides is 2. The molecule has 1 N–H and O–H groups in total. The Morgan fingerprint density at radius 2 is 1.96 bits per heavy atom. The fourth-order valence-electron chi connectivity index (χ4n) is 4.06. The third-order valence-corrected chi connectivity index (χ3v) is 5.73. The van der Waals surface area contributed by atoms with Crippen LogP contribution in [0.15, 0.2) is 36.4 Å². The van der Waals surface area contributed by atoms with Crippen molar-refractivity contribution in [2.75, 3.05) is 23.8 Å². The average Bonchev–Trinajstić information content (AvgIpc) is 2.95. The first-order chi connectivity index (χ1) is 13.5. The lowest BCUT2D eigenvalue weighted by Gasteiger charge is -2.43. The number of nitrogens with one attached hydrogen (secondary N) is 1. The Kier molecular flexibility index (Phi) is 4.79. The molecule has 146 valence electrons. The number of rotatable bonds is 2. The number of hydrogen-bond acceptors (Lipinski definition) is 3. The van der Waals surface area contributed by atoms with Crippen LogP contribution in [-0.2, 0) is 0 Å². The standard InChI is InChI=1S/C22H24FN3O2/c1-14-7-9-16(13-18(14)23)24-21(27)15-8-10-17-19(12-15)25(2)20-6-4-3-5-11-26(20)22(17)28/h7-10,12-13,20H,3-6,11H2,1-2H3,(H,24,27). The summed E-state index contributed by atoms with van der Waals surface area (Å²) in [7, 11) is 1.98. The van der Waals surface area contributed by atoms with Crippen LogP contribution >= 0.6 is 0 Å². The van der Waals surface area contributed by atoms with Crippen molar-refractivity contribution in [3.63, 3.8) is 0 Å². The predicted molar refractivity (Wildman–Crippen MR) is 107 cm³/mol. The maximum absolute atomic E-state index is 13.7. The highest BCUT2D eigenvalue weighted by atomic mass is 19.1. The van der Waals surface area contributed by atoms with Crippen molar-refractivity contribution >= 4 is 23.2 Å². The van der Waals surface area contributed by atoms with Gasteiger partial charge in [0.2, 0.25) is 0 Å². The molecule has 4 rings (SSSR count). The van der Waals surface area contributed by atoms with Gasteiger partial charge >= 0.3 is 0 Å². The Morgan fingerprint density at radius 1 is 1.14 bits per heavy atom. The van der Waals surface area contributed by atoms with Crippen molar-refractivity contribution in [2.45, 2.75) is 38.8 Å². The number of carbonyl (C=O) groups excluding carboxylic acids is 2. The molecule has 2 aliphatic rings. The first-order valence-electron chi connectivity index (χ1n) is 9.71. The summed E-state index contributed by atoms with van der Waals surface area (Å²) in [6.45, 7) is 2.45. The number of anilines is 2.